The molecule has 3 heteroatoms. The second-order valence-corrected chi connectivity index (χ2v) is 3.86. The highest BCUT2D eigenvalue weighted by atomic mass is 16.5. The topological polar surface area (TPSA) is 48.4 Å². The van der Waals surface area contributed by atoms with E-state index in [2.05, 4.69) is 0 Å². The molecule has 0 saturated carbocycles. The summed E-state index contributed by atoms with van der Waals surface area (Å²) in [6.07, 6.45) is 2.34. The van der Waals surface area contributed by atoms with E-state index in [1.165, 1.54) is 0 Å². The Morgan fingerprint density at radius 3 is 2.76 bits per heavy atom. The van der Waals surface area contributed by atoms with Gasteiger partial charge in [-0.05, 0) is 25.1 Å². The van der Waals surface area contributed by atoms with Crippen LogP contribution in [0, 0.1) is 0 Å². The molecule has 0 saturated heterocycles. The summed E-state index contributed by atoms with van der Waals surface area (Å²) in [6, 6.07) is 11.6. The van der Waals surface area contributed by atoms with E-state index in [0.29, 0.717) is 13.0 Å². The van der Waals surface area contributed by atoms with Crippen LogP contribution in [0.4, 0.5) is 0 Å². The lowest BCUT2D eigenvalue weighted by Crippen LogP contribution is -2.14. The standard InChI is InChI=1S/C14H17NO2/c1-2-16-14-8-4-3-7-12(14)13(15)10-11-6-5-9-17-11/h3-9,13H,2,10,15H2,1H3. The number of nitrogens with two attached hydrogens (primary N) is 1. The van der Waals surface area contributed by atoms with Gasteiger partial charge in [0.15, 0.2) is 0 Å². The number of rotatable bonds is 5. The third-order valence-corrected chi connectivity index (χ3v) is 2.62. The van der Waals surface area contributed by atoms with E-state index < -0.39 is 0 Å². The van der Waals surface area contributed by atoms with Crippen LogP contribution in [0.15, 0.2) is 47.1 Å². The summed E-state index contributed by atoms with van der Waals surface area (Å²) >= 11 is 0. The predicted molar refractivity (Wildman–Crippen MR) is 67.0 cm³/mol. The molecule has 90 valence electrons. The molecule has 0 aliphatic heterocycles. The van der Waals surface area contributed by atoms with Crippen LogP contribution in [-0.4, -0.2) is 6.61 Å². The zero-order valence-corrected chi connectivity index (χ0v) is 9.93. The van der Waals surface area contributed by atoms with Crippen LogP contribution in [0.3, 0.4) is 0 Å². The summed E-state index contributed by atoms with van der Waals surface area (Å²) in [5, 5.41) is 0. The molecular formula is C14H17NO2. The van der Waals surface area contributed by atoms with Gasteiger partial charge in [0.2, 0.25) is 0 Å². The smallest absolute Gasteiger partial charge is 0.124 e. The van der Waals surface area contributed by atoms with E-state index in [0.717, 1.165) is 17.1 Å². The van der Waals surface area contributed by atoms with E-state index in [1.54, 1.807) is 6.26 Å². The lowest BCUT2D eigenvalue weighted by atomic mass is 10.0. The Labute approximate surface area is 101 Å². The third kappa shape index (κ3) is 2.88. The van der Waals surface area contributed by atoms with Gasteiger partial charge in [0.25, 0.3) is 0 Å². The molecule has 1 heterocycles. The summed E-state index contributed by atoms with van der Waals surface area (Å²) in [7, 11) is 0. The van der Waals surface area contributed by atoms with E-state index in [9.17, 15) is 0 Å². The minimum atomic E-state index is -0.108. The van der Waals surface area contributed by atoms with E-state index >= 15 is 0 Å². The Morgan fingerprint density at radius 1 is 1.24 bits per heavy atom. The summed E-state index contributed by atoms with van der Waals surface area (Å²) in [5.74, 6) is 1.75. The Hall–Kier alpha value is -1.74. The molecule has 2 rings (SSSR count). The van der Waals surface area contributed by atoms with Crippen molar-refractivity contribution in [2.24, 2.45) is 5.73 Å². The normalized spacial score (nSPS) is 12.4. The van der Waals surface area contributed by atoms with Crippen molar-refractivity contribution >= 4 is 0 Å². The first kappa shape index (κ1) is 11.7. The van der Waals surface area contributed by atoms with Crippen LogP contribution >= 0.6 is 0 Å². The second kappa shape index (κ2) is 5.55. The van der Waals surface area contributed by atoms with Crippen molar-refractivity contribution in [2.45, 2.75) is 19.4 Å². The molecule has 0 aliphatic rings. The van der Waals surface area contributed by atoms with Gasteiger partial charge in [0.05, 0.1) is 12.9 Å². The molecule has 0 spiro atoms. The fourth-order valence-electron chi connectivity index (χ4n) is 1.83. The maximum atomic E-state index is 6.18. The van der Waals surface area contributed by atoms with Gasteiger partial charge in [-0.3, -0.25) is 0 Å². The van der Waals surface area contributed by atoms with Gasteiger partial charge < -0.3 is 14.9 Å². The van der Waals surface area contributed by atoms with Crippen LogP contribution in [0.25, 0.3) is 0 Å². The van der Waals surface area contributed by atoms with Crippen molar-refractivity contribution in [3.63, 3.8) is 0 Å². The largest absolute Gasteiger partial charge is 0.494 e. The van der Waals surface area contributed by atoms with Gasteiger partial charge >= 0.3 is 0 Å². The van der Waals surface area contributed by atoms with Crippen LogP contribution in [0.2, 0.25) is 0 Å². The van der Waals surface area contributed by atoms with Gasteiger partial charge in [-0.1, -0.05) is 18.2 Å². The Bertz CT molecular complexity index is 451. The van der Waals surface area contributed by atoms with Crippen LogP contribution in [-0.2, 0) is 6.42 Å². The number of furan rings is 1. The Kier molecular flexibility index (Phi) is 3.83. The zero-order chi connectivity index (χ0) is 12.1. The lowest BCUT2D eigenvalue weighted by Gasteiger charge is -2.15. The van der Waals surface area contributed by atoms with Crippen LogP contribution in [0.1, 0.15) is 24.3 Å². The summed E-state index contributed by atoms with van der Waals surface area (Å²) in [5.41, 5.74) is 7.20. The van der Waals surface area contributed by atoms with E-state index in [1.807, 2.05) is 43.3 Å². The summed E-state index contributed by atoms with van der Waals surface area (Å²) in [4.78, 5) is 0. The van der Waals surface area contributed by atoms with Crippen molar-refractivity contribution < 1.29 is 9.15 Å². The highest BCUT2D eigenvalue weighted by molar-refractivity contribution is 5.36. The van der Waals surface area contributed by atoms with Crippen molar-refractivity contribution in [3.05, 3.63) is 54.0 Å². The van der Waals surface area contributed by atoms with Crippen molar-refractivity contribution in [1.82, 2.24) is 0 Å². The Balaban J connectivity index is 2.15. The molecule has 17 heavy (non-hydrogen) atoms. The van der Waals surface area contributed by atoms with E-state index in [-0.39, 0.29) is 6.04 Å². The molecule has 0 bridgehead atoms. The molecule has 0 amide bonds. The first-order valence-corrected chi connectivity index (χ1v) is 5.81. The third-order valence-electron chi connectivity index (χ3n) is 2.62. The molecule has 3 nitrogen and oxygen atoms in total. The molecule has 1 aromatic heterocycles. The number of para-hydroxylation sites is 1. The van der Waals surface area contributed by atoms with Gasteiger partial charge in [0, 0.05) is 18.0 Å². The van der Waals surface area contributed by atoms with Crippen molar-refractivity contribution in [1.29, 1.82) is 0 Å². The molecule has 0 radical (unpaired) electrons. The summed E-state index contributed by atoms with van der Waals surface area (Å²) in [6.45, 7) is 2.61. The monoisotopic (exact) mass is 231 g/mol. The average Bonchev–Trinajstić information content (AvgIpc) is 2.83. The Morgan fingerprint density at radius 2 is 2.06 bits per heavy atom. The minimum Gasteiger partial charge on any atom is -0.494 e. The van der Waals surface area contributed by atoms with Crippen molar-refractivity contribution in [3.8, 4) is 5.75 Å². The maximum absolute atomic E-state index is 6.18. The lowest BCUT2D eigenvalue weighted by molar-refractivity contribution is 0.333. The SMILES string of the molecule is CCOc1ccccc1C(N)Cc1ccco1. The van der Waals surface area contributed by atoms with E-state index in [4.69, 9.17) is 14.9 Å². The average molecular weight is 231 g/mol. The number of hydrogen-bond acceptors (Lipinski definition) is 3. The molecule has 0 fully saturated rings. The highest BCUT2D eigenvalue weighted by Gasteiger charge is 2.13. The minimum absolute atomic E-state index is 0.108. The zero-order valence-electron chi connectivity index (χ0n) is 9.93. The maximum Gasteiger partial charge on any atom is 0.124 e. The molecule has 2 aromatic rings. The molecule has 1 atom stereocenters. The van der Waals surface area contributed by atoms with Gasteiger partial charge in [0.1, 0.15) is 11.5 Å². The fourth-order valence-corrected chi connectivity index (χ4v) is 1.83. The molecule has 1 unspecified atom stereocenters. The van der Waals surface area contributed by atoms with Crippen molar-refractivity contribution in [2.75, 3.05) is 6.61 Å². The fraction of sp³-hybridized carbons (Fsp3) is 0.286. The second-order valence-electron chi connectivity index (χ2n) is 3.86. The predicted octanol–water partition coefficient (Wildman–Crippen LogP) is 2.92. The summed E-state index contributed by atoms with van der Waals surface area (Å²) < 4.78 is 10.9. The van der Waals surface area contributed by atoms with Crippen LogP contribution in [0.5, 0.6) is 5.75 Å². The number of hydrogen-bond donors (Lipinski definition) is 1. The number of ether oxygens (including phenoxy) is 1. The van der Waals surface area contributed by atoms with Gasteiger partial charge in [-0.25, -0.2) is 0 Å². The number of benzene rings is 1. The van der Waals surface area contributed by atoms with Crippen LogP contribution < -0.4 is 10.5 Å². The first-order valence-electron chi connectivity index (χ1n) is 5.81. The molecular weight excluding hydrogens is 214 g/mol. The molecule has 0 aliphatic carbocycles. The first-order chi connectivity index (χ1) is 8.31. The quantitative estimate of drug-likeness (QED) is 0.860. The molecule has 2 N–H and O–H groups in total. The highest BCUT2D eigenvalue weighted by Crippen LogP contribution is 2.26. The van der Waals surface area contributed by atoms with Gasteiger partial charge in [-0.15, -0.1) is 0 Å². The van der Waals surface area contributed by atoms with Gasteiger partial charge in [-0.2, -0.15) is 0 Å². The molecule has 1 aromatic carbocycles.